The van der Waals surface area contributed by atoms with Crippen LogP contribution in [0, 0.1) is 11.6 Å². The lowest BCUT2D eigenvalue weighted by Gasteiger charge is -2.01. The Morgan fingerprint density at radius 1 is 1.12 bits per heavy atom. The van der Waals surface area contributed by atoms with E-state index in [1.54, 1.807) is 6.33 Å². The molecule has 17 heavy (non-hydrogen) atoms. The van der Waals surface area contributed by atoms with Crippen molar-refractivity contribution in [2.45, 2.75) is 0 Å². The van der Waals surface area contributed by atoms with Crippen LogP contribution in [0.15, 0.2) is 36.7 Å². The van der Waals surface area contributed by atoms with E-state index in [0.29, 0.717) is 16.3 Å². The Morgan fingerprint density at radius 2 is 1.88 bits per heavy atom. The molecule has 0 bridgehead atoms. The van der Waals surface area contributed by atoms with Crippen molar-refractivity contribution in [1.82, 2.24) is 19.5 Å². The molecule has 0 saturated carbocycles. The number of hydrogen-bond donors (Lipinski definition) is 0. The van der Waals surface area contributed by atoms with Crippen molar-refractivity contribution in [1.29, 1.82) is 0 Å². The molecular formula is C11H7Cl2N4+. The number of hydrogen-bond acceptors (Lipinski definition) is 3. The van der Waals surface area contributed by atoms with Crippen LogP contribution in [0.5, 0.6) is 0 Å². The van der Waals surface area contributed by atoms with Crippen molar-refractivity contribution in [2.75, 3.05) is 0 Å². The molecule has 0 fully saturated rings. The van der Waals surface area contributed by atoms with Gasteiger partial charge in [0.2, 0.25) is 5.28 Å². The molecule has 0 saturated heterocycles. The number of nitrogens with zero attached hydrogens (tertiary/aromatic N) is 4. The van der Waals surface area contributed by atoms with Gasteiger partial charge in [0, 0.05) is 5.69 Å². The highest BCUT2D eigenvalue weighted by Gasteiger charge is 2.16. The summed E-state index contributed by atoms with van der Waals surface area (Å²) in [5.74, 6) is 0. The Hall–Kier alpha value is -1.65. The van der Waals surface area contributed by atoms with Crippen LogP contribution < -0.4 is 0 Å². The molecule has 0 aliphatic carbocycles. The van der Waals surface area contributed by atoms with Crippen molar-refractivity contribution >= 4 is 22.8 Å². The lowest BCUT2D eigenvalue weighted by Crippen LogP contribution is -1.95. The minimum absolute atomic E-state index is 0.139. The predicted octanol–water partition coefficient (Wildman–Crippen LogP) is 2.17. The Balaban J connectivity index is 2.32. The molecule has 2 heterocycles. The molecule has 0 aliphatic heterocycles. The number of imidazole rings is 1. The molecule has 0 spiro atoms. The SMILES string of the molecule is Clc1nc([ClH+])c2ncn(-c3ccccc3)c2n1. The molecular weight excluding hydrogens is 259 g/mol. The van der Waals surface area contributed by atoms with E-state index in [-0.39, 0.29) is 5.28 Å². The summed E-state index contributed by atoms with van der Waals surface area (Å²) in [5, 5.41) is 0.509. The summed E-state index contributed by atoms with van der Waals surface area (Å²) >= 11 is 10.9. The molecule has 0 amide bonds. The number of fused-ring (bicyclic) bond motifs is 1. The van der Waals surface area contributed by atoms with Gasteiger partial charge in [0.05, 0.1) is 0 Å². The molecule has 3 aromatic rings. The summed E-state index contributed by atoms with van der Waals surface area (Å²) in [4.78, 5) is 12.3. The van der Waals surface area contributed by atoms with Crippen molar-refractivity contribution in [3.05, 3.63) is 47.1 Å². The second-order valence-electron chi connectivity index (χ2n) is 3.42. The number of rotatable bonds is 1. The highest BCUT2D eigenvalue weighted by atomic mass is 35.5. The van der Waals surface area contributed by atoms with Crippen LogP contribution in [0.2, 0.25) is 10.4 Å². The molecule has 0 aliphatic rings. The number of halogens is 2. The zero-order valence-corrected chi connectivity index (χ0v) is 10.1. The van der Waals surface area contributed by atoms with E-state index in [2.05, 4.69) is 15.0 Å². The summed E-state index contributed by atoms with van der Waals surface area (Å²) in [6.45, 7) is 0. The van der Waals surface area contributed by atoms with Gasteiger partial charge in [-0.1, -0.05) is 18.2 Å². The zero-order chi connectivity index (χ0) is 11.8. The standard InChI is InChI=1S/C11H7Cl2N4/c12-9-8-10(16-11(13)15-9)17(6-14-8)7-4-2-1-3-5-7/h1-6,12H/q+1. The minimum Gasteiger partial charge on any atom is -0.283 e. The highest BCUT2D eigenvalue weighted by Crippen LogP contribution is 2.20. The predicted molar refractivity (Wildman–Crippen MR) is 62.2 cm³/mol. The largest absolute Gasteiger partial charge is 0.350 e. The fourth-order valence-electron chi connectivity index (χ4n) is 1.63. The molecule has 0 radical (unpaired) electrons. The van der Waals surface area contributed by atoms with Gasteiger partial charge >= 0.3 is 5.15 Å². The van der Waals surface area contributed by atoms with Gasteiger partial charge in [-0.3, -0.25) is 4.57 Å². The monoisotopic (exact) mass is 265 g/mol. The van der Waals surface area contributed by atoms with Crippen molar-refractivity contribution < 1.29 is 11.6 Å². The third-order valence-electron chi connectivity index (χ3n) is 2.37. The van der Waals surface area contributed by atoms with Crippen LogP contribution in [0.1, 0.15) is 0 Å². The maximum Gasteiger partial charge on any atom is 0.350 e. The smallest absolute Gasteiger partial charge is 0.283 e. The Labute approximate surface area is 107 Å². The summed E-state index contributed by atoms with van der Waals surface area (Å²) in [6.07, 6.45) is 1.67. The van der Waals surface area contributed by atoms with E-state index in [9.17, 15) is 0 Å². The normalized spacial score (nSPS) is 10.9. The lowest BCUT2D eigenvalue weighted by molar-refractivity contribution is -0.293. The second-order valence-corrected chi connectivity index (χ2v) is 4.14. The van der Waals surface area contributed by atoms with Gasteiger partial charge in [0.15, 0.2) is 22.8 Å². The zero-order valence-electron chi connectivity index (χ0n) is 8.54. The molecule has 6 heteroatoms. The fourth-order valence-corrected chi connectivity index (χ4v) is 2.07. The molecule has 3 rings (SSSR count). The van der Waals surface area contributed by atoms with Crippen LogP contribution in [0.3, 0.4) is 0 Å². The summed E-state index contributed by atoms with van der Waals surface area (Å²) in [5.41, 5.74) is 2.17. The first-order valence-electron chi connectivity index (χ1n) is 4.89. The second kappa shape index (κ2) is 3.98. The summed E-state index contributed by atoms with van der Waals surface area (Å²) in [7, 11) is 0. The maximum absolute atomic E-state index is 5.81. The van der Waals surface area contributed by atoms with E-state index in [0.717, 1.165) is 5.69 Å². The first kappa shape index (κ1) is 10.5. The van der Waals surface area contributed by atoms with Crippen molar-refractivity contribution in [3.8, 4) is 5.69 Å². The first-order chi connectivity index (χ1) is 8.25. The van der Waals surface area contributed by atoms with Crippen LogP contribution in [-0.2, 0) is 0 Å². The molecule has 0 N–H and O–H groups in total. The van der Waals surface area contributed by atoms with E-state index in [1.807, 2.05) is 34.9 Å². The Kier molecular flexibility index (Phi) is 2.46. The maximum atomic E-state index is 5.81. The van der Waals surface area contributed by atoms with Crippen LogP contribution >= 0.6 is 11.6 Å². The Bertz CT molecular complexity index is 679. The van der Waals surface area contributed by atoms with Gasteiger partial charge in [-0.05, 0) is 23.7 Å². The minimum atomic E-state index is 0.139. The van der Waals surface area contributed by atoms with E-state index in [4.69, 9.17) is 23.2 Å². The van der Waals surface area contributed by atoms with Gasteiger partial charge in [0.1, 0.15) is 6.33 Å². The average molecular weight is 266 g/mol. The van der Waals surface area contributed by atoms with Gasteiger partial charge < -0.3 is 0 Å². The quantitative estimate of drug-likeness (QED) is 0.500. The van der Waals surface area contributed by atoms with E-state index < -0.39 is 0 Å². The number of aromatic nitrogens is 4. The van der Waals surface area contributed by atoms with Gasteiger partial charge in [-0.25, -0.2) is 4.98 Å². The van der Waals surface area contributed by atoms with E-state index in [1.165, 1.54) is 0 Å². The van der Waals surface area contributed by atoms with Crippen LogP contribution in [0.25, 0.3) is 16.9 Å². The fraction of sp³-hybridized carbons (Fsp3) is 0. The summed E-state index contributed by atoms with van der Waals surface area (Å²) in [6, 6.07) is 9.75. The third-order valence-corrected chi connectivity index (χ3v) is 2.82. The van der Waals surface area contributed by atoms with Crippen molar-refractivity contribution in [3.63, 3.8) is 0 Å². The number of benzene rings is 1. The molecule has 4 nitrogen and oxygen atoms in total. The summed E-state index contributed by atoms with van der Waals surface area (Å²) < 4.78 is 1.83. The molecule has 0 unspecified atom stereocenters. The van der Waals surface area contributed by atoms with Crippen LogP contribution in [0.4, 0.5) is 0 Å². The van der Waals surface area contributed by atoms with Gasteiger partial charge in [0.25, 0.3) is 0 Å². The highest BCUT2D eigenvalue weighted by molar-refractivity contribution is 6.28. The lowest BCUT2D eigenvalue weighted by atomic mass is 10.3. The van der Waals surface area contributed by atoms with Gasteiger partial charge in [-0.15, -0.1) is 0 Å². The molecule has 84 valence electrons. The Morgan fingerprint density at radius 3 is 2.65 bits per heavy atom. The molecule has 2 aromatic heterocycles. The molecule has 1 aromatic carbocycles. The number of para-hydroxylation sites is 1. The van der Waals surface area contributed by atoms with Gasteiger partial charge in [-0.2, -0.15) is 9.97 Å². The van der Waals surface area contributed by atoms with Crippen molar-refractivity contribution in [2.24, 2.45) is 0 Å². The topological polar surface area (TPSA) is 43.6 Å². The molecule has 0 atom stereocenters. The van der Waals surface area contributed by atoms with Crippen LogP contribution in [-0.4, -0.2) is 19.5 Å². The third kappa shape index (κ3) is 1.75. The van der Waals surface area contributed by atoms with E-state index >= 15 is 0 Å². The average Bonchev–Trinajstić information content (AvgIpc) is 2.74. The first-order valence-corrected chi connectivity index (χ1v) is 5.67.